The van der Waals surface area contributed by atoms with Crippen LogP contribution in [0.2, 0.25) is 5.02 Å². The van der Waals surface area contributed by atoms with Crippen LogP contribution < -0.4 is 19.1 Å². The maximum atomic E-state index is 13.2. The molecule has 0 spiro atoms. The minimum absolute atomic E-state index is 0.268. The smallest absolute Gasteiger partial charge is 0.266 e. The van der Waals surface area contributed by atoms with Crippen LogP contribution in [0.3, 0.4) is 0 Å². The number of ether oxygens (including phenoxy) is 3. The molecule has 2 amide bonds. The number of carbonyl (C=O) groups excluding carboxylic acids is 2. The number of imide groups is 1. The van der Waals surface area contributed by atoms with Crippen molar-refractivity contribution in [1.29, 1.82) is 0 Å². The van der Waals surface area contributed by atoms with E-state index in [4.69, 9.17) is 25.8 Å². The zero-order valence-electron chi connectivity index (χ0n) is 19.3. The van der Waals surface area contributed by atoms with E-state index in [1.54, 1.807) is 60.7 Å². The Morgan fingerprint density at radius 3 is 2.40 bits per heavy atom. The van der Waals surface area contributed by atoms with E-state index >= 15 is 0 Å². The topological polar surface area (TPSA) is 68.3 Å². The van der Waals surface area contributed by atoms with Crippen molar-refractivity contribution in [3.63, 3.8) is 0 Å². The zero-order valence-corrected chi connectivity index (χ0v) is 20.1. The van der Waals surface area contributed by atoms with Crippen LogP contribution in [0.5, 0.6) is 23.0 Å². The minimum atomic E-state index is -0.431. The van der Waals surface area contributed by atoms with E-state index in [-0.39, 0.29) is 5.56 Å². The molecule has 0 N–H and O–H groups in total. The molecule has 3 aromatic rings. The first kappa shape index (κ1) is 23.2. The number of anilines is 1. The Morgan fingerprint density at radius 1 is 0.857 bits per heavy atom. The predicted octanol–water partition coefficient (Wildman–Crippen LogP) is 5.42. The summed E-state index contributed by atoms with van der Waals surface area (Å²) in [6, 6.07) is 16.9. The number of carbonyl (C=O) groups is 2. The van der Waals surface area contributed by atoms with Gasteiger partial charge in [0.15, 0.2) is 11.5 Å². The van der Waals surface area contributed by atoms with Crippen LogP contribution in [0.4, 0.5) is 5.69 Å². The lowest BCUT2D eigenvalue weighted by Crippen LogP contribution is -2.29. The van der Waals surface area contributed by atoms with Crippen molar-refractivity contribution in [2.75, 3.05) is 38.3 Å². The molecule has 7 nitrogen and oxygen atoms in total. The molecular weight excluding hydrogens is 468 g/mol. The summed E-state index contributed by atoms with van der Waals surface area (Å²) in [5.74, 6) is 1.08. The second-order valence-corrected chi connectivity index (χ2v) is 8.83. The average Bonchev–Trinajstić information content (AvgIpc) is 3.47. The molecule has 1 saturated heterocycles. The van der Waals surface area contributed by atoms with Gasteiger partial charge in [0.05, 0.1) is 28.9 Å². The van der Waals surface area contributed by atoms with E-state index in [9.17, 15) is 9.59 Å². The van der Waals surface area contributed by atoms with Crippen LogP contribution in [0, 0.1) is 0 Å². The number of likely N-dealkylation sites (tertiary alicyclic amines) is 1. The summed E-state index contributed by atoms with van der Waals surface area (Å²) < 4.78 is 17.2. The van der Waals surface area contributed by atoms with Gasteiger partial charge in [0, 0.05) is 12.6 Å². The molecule has 0 unspecified atom stereocenters. The molecule has 0 aliphatic carbocycles. The maximum Gasteiger partial charge on any atom is 0.266 e. The van der Waals surface area contributed by atoms with E-state index in [1.165, 1.54) is 20.0 Å². The molecule has 3 aromatic carbocycles. The number of amides is 2. The van der Waals surface area contributed by atoms with Gasteiger partial charge in [-0.2, -0.15) is 0 Å². The molecule has 2 aliphatic rings. The molecule has 0 saturated carbocycles. The molecule has 8 heteroatoms. The van der Waals surface area contributed by atoms with Gasteiger partial charge < -0.3 is 14.2 Å². The third kappa shape index (κ3) is 4.70. The first-order chi connectivity index (χ1) is 17.0. The summed E-state index contributed by atoms with van der Waals surface area (Å²) in [7, 11) is 1.53. The summed E-state index contributed by atoms with van der Waals surface area (Å²) >= 11 is 6.17. The second-order valence-electron chi connectivity index (χ2n) is 8.42. The Hall–Kier alpha value is -3.55. The molecule has 2 aliphatic heterocycles. The van der Waals surface area contributed by atoms with Gasteiger partial charge >= 0.3 is 0 Å². The molecule has 5 rings (SSSR count). The summed E-state index contributed by atoms with van der Waals surface area (Å²) in [4.78, 5) is 29.8. The molecule has 1 fully saturated rings. The number of hydrogen-bond donors (Lipinski definition) is 0. The Labute approximate surface area is 208 Å². The summed E-state index contributed by atoms with van der Waals surface area (Å²) in [5.41, 5.74) is 0.990. The number of benzene rings is 3. The minimum Gasteiger partial charge on any atom is -0.493 e. The summed E-state index contributed by atoms with van der Waals surface area (Å²) in [5, 5.41) is 0.451. The van der Waals surface area contributed by atoms with Crippen molar-refractivity contribution in [2.45, 2.75) is 12.8 Å². The lowest BCUT2D eigenvalue weighted by Gasteiger charge is -2.18. The van der Waals surface area contributed by atoms with Crippen LogP contribution >= 0.6 is 11.6 Å². The fourth-order valence-corrected chi connectivity index (χ4v) is 4.55. The van der Waals surface area contributed by atoms with Gasteiger partial charge in [0.25, 0.3) is 11.8 Å². The van der Waals surface area contributed by atoms with Gasteiger partial charge in [-0.3, -0.25) is 14.5 Å². The second kappa shape index (κ2) is 9.98. The van der Waals surface area contributed by atoms with Crippen molar-refractivity contribution in [2.24, 2.45) is 0 Å². The lowest BCUT2D eigenvalue weighted by atomic mass is 10.1. The Kier molecular flexibility index (Phi) is 6.61. The number of hydrogen-bond acceptors (Lipinski definition) is 6. The van der Waals surface area contributed by atoms with Crippen LogP contribution in [-0.4, -0.2) is 50.1 Å². The number of para-hydroxylation sites is 1. The summed E-state index contributed by atoms with van der Waals surface area (Å²) in [6.45, 7) is 3.59. The number of rotatable bonds is 8. The number of halogens is 1. The fourth-order valence-electron chi connectivity index (χ4n) is 4.38. The molecule has 0 aromatic heterocycles. The number of methoxy groups -OCH3 is 1. The van der Waals surface area contributed by atoms with E-state index in [2.05, 4.69) is 4.90 Å². The van der Waals surface area contributed by atoms with Gasteiger partial charge in [-0.25, -0.2) is 4.90 Å². The molecule has 0 bridgehead atoms. The normalized spacial score (nSPS) is 15.4. The van der Waals surface area contributed by atoms with E-state index in [0.29, 0.717) is 45.9 Å². The van der Waals surface area contributed by atoms with Crippen molar-refractivity contribution >= 4 is 29.1 Å². The van der Waals surface area contributed by atoms with Gasteiger partial charge in [-0.1, -0.05) is 23.7 Å². The standard InChI is InChI=1S/C27H25ClN2O5/c1-33-25-16-18(8-11-24(25)34-15-14-29-12-4-5-13-29)30-26(31)20-10-9-19(17-21(20)27(30)32)35-23-7-3-2-6-22(23)28/h2-3,6-11,16-17H,4-5,12-15H2,1H3. The summed E-state index contributed by atoms with van der Waals surface area (Å²) in [6.07, 6.45) is 2.46. The predicted molar refractivity (Wildman–Crippen MR) is 133 cm³/mol. The Morgan fingerprint density at radius 2 is 1.63 bits per heavy atom. The quantitative estimate of drug-likeness (QED) is 0.391. The average molecular weight is 493 g/mol. The third-order valence-electron chi connectivity index (χ3n) is 6.19. The Bertz CT molecular complexity index is 1270. The highest BCUT2D eigenvalue weighted by Gasteiger charge is 2.37. The Balaban J connectivity index is 1.34. The monoisotopic (exact) mass is 492 g/mol. The molecule has 2 heterocycles. The first-order valence-corrected chi connectivity index (χ1v) is 11.9. The molecular formula is C27H25ClN2O5. The van der Waals surface area contributed by atoms with Gasteiger partial charge in [0.2, 0.25) is 0 Å². The first-order valence-electron chi connectivity index (χ1n) is 11.5. The molecule has 0 atom stereocenters. The van der Waals surface area contributed by atoms with Gasteiger partial charge in [-0.15, -0.1) is 0 Å². The maximum absolute atomic E-state index is 13.2. The highest BCUT2D eigenvalue weighted by molar-refractivity contribution is 6.34. The van der Waals surface area contributed by atoms with E-state index in [0.717, 1.165) is 24.5 Å². The van der Waals surface area contributed by atoms with E-state index in [1.807, 2.05) is 0 Å². The highest BCUT2D eigenvalue weighted by atomic mass is 35.5. The van der Waals surface area contributed by atoms with Crippen LogP contribution in [0.15, 0.2) is 60.7 Å². The fraction of sp³-hybridized carbons (Fsp3) is 0.259. The van der Waals surface area contributed by atoms with Crippen molar-refractivity contribution < 1.29 is 23.8 Å². The number of nitrogens with zero attached hydrogens (tertiary/aromatic N) is 2. The van der Waals surface area contributed by atoms with Crippen LogP contribution in [-0.2, 0) is 0 Å². The third-order valence-corrected chi connectivity index (χ3v) is 6.50. The van der Waals surface area contributed by atoms with Crippen LogP contribution in [0.25, 0.3) is 0 Å². The zero-order chi connectivity index (χ0) is 24.4. The van der Waals surface area contributed by atoms with Crippen LogP contribution in [0.1, 0.15) is 33.6 Å². The number of fused-ring (bicyclic) bond motifs is 1. The van der Waals surface area contributed by atoms with Crippen molar-refractivity contribution in [1.82, 2.24) is 4.90 Å². The molecule has 0 radical (unpaired) electrons. The largest absolute Gasteiger partial charge is 0.493 e. The SMILES string of the molecule is COc1cc(N2C(=O)c3ccc(Oc4ccccc4Cl)cc3C2=O)ccc1OCCN1CCCC1. The van der Waals surface area contributed by atoms with Gasteiger partial charge in [0.1, 0.15) is 18.1 Å². The molecule has 35 heavy (non-hydrogen) atoms. The van der Waals surface area contributed by atoms with E-state index < -0.39 is 11.8 Å². The lowest BCUT2D eigenvalue weighted by molar-refractivity contribution is 0.0926. The molecule has 180 valence electrons. The van der Waals surface area contributed by atoms with Crippen molar-refractivity contribution in [3.05, 3.63) is 76.8 Å². The highest BCUT2D eigenvalue weighted by Crippen LogP contribution is 2.37. The van der Waals surface area contributed by atoms with Crippen molar-refractivity contribution in [3.8, 4) is 23.0 Å². The van der Waals surface area contributed by atoms with Gasteiger partial charge in [-0.05, 0) is 68.4 Å².